The summed E-state index contributed by atoms with van der Waals surface area (Å²) in [5.41, 5.74) is 7.47. The Morgan fingerprint density at radius 1 is 0.960 bits per heavy atom. The monoisotopic (exact) mass is 715 g/mol. The molecule has 1 aliphatic heterocycles. The Kier molecular flexibility index (Phi) is 16.1. The van der Waals surface area contributed by atoms with Crippen LogP contribution in [0.1, 0.15) is 37.3 Å². The SMILES string of the molecule is COC[C@H](NC(=O)[C@H](C)N)C(=O)N(C)[C@H](CC(=O)NC1COCCC1N(C)C(=O)[C@@H](CC(=O)OC)Cc1ccccc1)Cc1ccc(Cl)cc1. The van der Waals surface area contributed by atoms with Gasteiger partial charge in [0.05, 0.1) is 50.8 Å². The molecular weight excluding hydrogens is 666 g/mol. The van der Waals surface area contributed by atoms with Crippen LogP contribution >= 0.6 is 11.6 Å². The number of benzene rings is 2. The average molecular weight is 716 g/mol. The van der Waals surface area contributed by atoms with Crippen molar-refractivity contribution in [2.24, 2.45) is 11.7 Å². The molecule has 0 aliphatic carbocycles. The van der Waals surface area contributed by atoms with E-state index in [2.05, 4.69) is 10.6 Å². The highest BCUT2D eigenvalue weighted by molar-refractivity contribution is 6.30. The van der Waals surface area contributed by atoms with E-state index in [0.717, 1.165) is 11.1 Å². The molecule has 2 aromatic rings. The summed E-state index contributed by atoms with van der Waals surface area (Å²) in [6.07, 6.45) is 0.947. The first-order valence-corrected chi connectivity index (χ1v) is 17.0. The minimum atomic E-state index is -1.02. The van der Waals surface area contributed by atoms with Gasteiger partial charge in [0.2, 0.25) is 23.6 Å². The summed E-state index contributed by atoms with van der Waals surface area (Å²) in [4.78, 5) is 69.1. The zero-order valence-electron chi connectivity index (χ0n) is 29.4. The number of methoxy groups -OCH3 is 2. The van der Waals surface area contributed by atoms with E-state index in [4.69, 9.17) is 31.5 Å². The van der Waals surface area contributed by atoms with Crippen molar-refractivity contribution in [3.05, 3.63) is 70.7 Å². The number of nitrogens with one attached hydrogen (secondary N) is 2. The lowest BCUT2D eigenvalue weighted by Gasteiger charge is -2.40. The number of likely N-dealkylation sites (N-methyl/N-ethyl adjacent to an activating group) is 2. The van der Waals surface area contributed by atoms with E-state index < -0.39 is 53.9 Å². The number of carbonyl (C=O) groups excluding carboxylic acids is 5. The molecule has 0 saturated carbocycles. The van der Waals surface area contributed by atoms with Gasteiger partial charge in [-0.2, -0.15) is 0 Å². The first kappa shape index (κ1) is 40.4. The molecule has 3 rings (SSSR count). The summed E-state index contributed by atoms with van der Waals surface area (Å²) in [7, 11) is 5.96. The minimum Gasteiger partial charge on any atom is -0.469 e. The first-order valence-electron chi connectivity index (χ1n) is 16.6. The standard InChI is InChI=1S/C36H50ClN5O8/c1-23(38)34(45)40-30(21-48-4)36(47)41(2)28(18-25-11-13-27(37)14-12-25)20-32(43)39-29-22-50-16-15-31(29)42(3)35(46)26(19-33(44)49-5)17-24-9-7-6-8-10-24/h6-14,23,26,28-31H,15-22,38H2,1-5H3,(H,39,43)(H,40,45)/t23-,26+,28-,29?,30-,31?/m0/s1. The van der Waals surface area contributed by atoms with E-state index in [9.17, 15) is 24.0 Å². The number of halogens is 1. The Balaban J connectivity index is 1.80. The number of esters is 1. The van der Waals surface area contributed by atoms with Gasteiger partial charge in [-0.1, -0.05) is 54.1 Å². The molecule has 4 N–H and O–H groups in total. The maximum Gasteiger partial charge on any atom is 0.306 e. The number of carbonyl (C=O) groups is 5. The quantitative estimate of drug-likeness (QED) is 0.207. The molecule has 0 aromatic heterocycles. The van der Waals surface area contributed by atoms with Crippen molar-refractivity contribution in [3.63, 3.8) is 0 Å². The second-order valence-corrected chi connectivity index (χ2v) is 13.1. The number of nitrogens with two attached hydrogens (primary N) is 1. The van der Waals surface area contributed by atoms with Crippen LogP contribution in [0.5, 0.6) is 0 Å². The highest BCUT2D eigenvalue weighted by Gasteiger charge is 2.37. The van der Waals surface area contributed by atoms with Gasteiger partial charge in [0.1, 0.15) is 6.04 Å². The summed E-state index contributed by atoms with van der Waals surface area (Å²) in [6.45, 7) is 1.98. The molecule has 2 unspecified atom stereocenters. The van der Waals surface area contributed by atoms with Crippen molar-refractivity contribution < 1.29 is 38.2 Å². The fourth-order valence-electron chi connectivity index (χ4n) is 6.00. The van der Waals surface area contributed by atoms with Crippen LogP contribution < -0.4 is 16.4 Å². The topological polar surface area (TPSA) is 170 Å². The molecule has 1 aliphatic rings. The van der Waals surface area contributed by atoms with Gasteiger partial charge in [-0.25, -0.2) is 0 Å². The van der Waals surface area contributed by atoms with Crippen molar-refractivity contribution in [2.75, 3.05) is 48.1 Å². The van der Waals surface area contributed by atoms with Crippen LogP contribution in [0.4, 0.5) is 0 Å². The number of amides is 4. The van der Waals surface area contributed by atoms with Gasteiger partial charge in [-0.3, -0.25) is 24.0 Å². The fourth-order valence-corrected chi connectivity index (χ4v) is 6.12. The smallest absolute Gasteiger partial charge is 0.306 e. The maximum atomic E-state index is 13.9. The van der Waals surface area contributed by atoms with E-state index >= 15 is 0 Å². The third-order valence-electron chi connectivity index (χ3n) is 8.89. The van der Waals surface area contributed by atoms with Crippen LogP contribution in [0, 0.1) is 5.92 Å². The van der Waals surface area contributed by atoms with Gasteiger partial charge >= 0.3 is 5.97 Å². The zero-order valence-corrected chi connectivity index (χ0v) is 30.2. The van der Waals surface area contributed by atoms with Gasteiger partial charge in [0.15, 0.2) is 0 Å². The largest absolute Gasteiger partial charge is 0.469 e. The molecule has 274 valence electrons. The Hall–Kier alpha value is -4.04. The summed E-state index contributed by atoms with van der Waals surface area (Å²) >= 11 is 6.10. The van der Waals surface area contributed by atoms with Crippen LogP contribution in [0.2, 0.25) is 5.02 Å². The molecule has 1 saturated heterocycles. The molecule has 6 atom stereocenters. The van der Waals surface area contributed by atoms with Crippen molar-refractivity contribution in [2.45, 2.75) is 69.2 Å². The number of hydrogen-bond donors (Lipinski definition) is 3. The summed E-state index contributed by atoms with van der Waals surface area (Å²) < 4.78 is 15.8. The van der Waals surface area contributed by atoms with Gasteiger partial charge in [-0.05, 0) is 49.4 Å². The molecule has 0 spiro atoms. The molecular formula is C36H50ClN5O8. The molecule has 0 bridgehead atoms. The molecule has 0 radical (unpaired) electrons. The highest BCUT2D eigenvalue weighted by atomic mass is 35.5. The van der Waals surface area contributed by atoms with E-state index in [1.54, 1.807) is 31.1 Å². The predicted molar refractivity (Wildman–Crippen MR) is 188 cm³/mol. The first-order chi connectivity index (χ1) is 23.8. The van der Waals surface area contributed by atoms with Crippen LogP contribution in [-0.2, 0) is 51.0 Å². The summed E-state index contributed by atoms with van der Waals surface area (Å²) in [5, 5.41) is 6.22. The van der Waals surface area contributed by atoms with Gasteiger partial charge in [0, 0.05) is 45.3 Å². The van der Waals surface area contributed by atoms with Gasteiger partial charge in [0.25, 0.3) is 0 Å². The third kappa shape index (κ3) is 12.1. The van der Waals surface area contributed by atoms with Crippen LogP contribution in [-0.4, -0.2) is 118 Å². The minimum absolute atomic E-state index is 0.0870. The van der Waals surface area contributed by atoms with Crippen molar-refractivity contribution >= 4 is 41.2 Å². The molecule has 4 amide bonds. The Morgan fingerprint density at radius 2 is 1.62 bits per heavy atom. The summed E-state index contributed by atoms with van der Waals surface area (Å²) in [5.74, 6) is -2.72. The molecule has 50 heavy (non-hydrogen) atoms. The highest BCUT2D eigenvalue weighted by Crippen LogP contribution is 2.22. The number of hydrogen-bond acceptors (Lipinski definition) is 9. The second-order valence-electron chi connectivity index (χ2n) is 12.7. The van der Waals surface area contributed by atoms with Crippen molar-refractivity contribution in [1.82, 2.24) is 20.4 Å². The lowest BCUT2D eigenvalue weighted by atomic mass is 9.92. The fraction of sp³-hybridized carbons (Fsp3) is 0.528. The van der Waals surface area contributed by atoms with E-state index in [1.807, 2.05) is 42.5 Å². The Morgan fingerprint density at radius 3 is 2.24 bits per heavy atom. The third-order valence-corrected chi connectivity index (χ3v) is 9.14. The predicted octanol–water partition coefficient (Wildman–Crippen LogP) is 1.73. The summed E-state index contributed by atoms with van der Waals surface area (Å²) in [6, 6.07) is 13.1. The molecule has 1 heterocycles. The van der Waals surface area contributed by atoms with E-state index in [0.29, 0.717) is 30.9 Å². The van der Waals surface area contributed by atoms with E-state index in [1.165, 1.54) is 26.0 Å². The van der Waals surface area contributed by atoms with Crippen molar-refractivity contribution in [3.8, 4) is 0 Å². The number of nitrogens with zero attached hydrogens (tertiary/aromatic N) is 2. The van der Waals surface area contributed by atoms with Gasteiger partial charge in [-0.15, -0.1) is 0 Å². The second kappa shape index (κ2) is 20.0. The molecule has 2 aromatic carbocycles. The molecule has 14 heteroatoms. The number of rotatable bonds is 17. The number of ether oxygens (including phenoxy) is 3. The van der Waals surface area contributed by atoms with Gasteiger partial charge < -0.3 is 40.4 Å². The normalized spacial score (nSPS) is 18.1. The average Bonchev–Trinajstić information content (AvgIpc) is 3.11. The molecule has 13 nitrogen and oxygen atoms in total. The van der Waals surface area contributed by atoms with Crippen LogP contribution in [0.3, 0.4) is 0 Å². The van der Waals surface area contributed by atoms with E-state index in [-0.39, 0.29) is 37.9 Å². The van der Waals surface area contributed by atoms with Crippen LogP contribution in [0.25, 0.3) is 0 Å². The lowest BCUT2D eigenvalue weighted by molar-refractivity contribution is -0.148. The van der Waals surface area contributed by atoms with Crippen molar-refractivity contribution in [1.29, 1.82) is 0 Å². The Labute approximate surface area is 299 Å². The lowest BCUT2D eigenvalue weighted by Crippen LogP contribution is -2.59. The Bertz CT molecular complexity index is 1430. The zero-order chi connectivity index (χ0) is 36.8. The van der Waals surface area contributed by atoms with Crippen LogP contribution in [0.15, 0.2) is 54.6 Å². The molecule has 1 fully saturated rings. The maximum absolute atomic E-state index is 13.9.